The van der Waals surface area contributed by atoms with Gasteiger partial charge in [0.25, 0.3) is 5.69 Å². The van der Waals surface area contributed by atoms with Crippen LogP contribution in [0.5, 0.6) is 0 Å². The van der Waals surface area contributed by atoms with Gasteiger partial charge in [0.2, 0.25) is 5.82 Å². The van der Waals surface area contributed by atoms with E-state index in [0.717, 1.165) is 24.3 Å². The van der Waals surface area contributed by atoms with Gasteiger partial charge in [-0.3, -0.25) is 10.1 Å². The van der Waals surface area contributed by atoms with Gasteiger partial charge in [0.05, 0.1) is 4.92 Å². The fourth-order valence-electron chi connectivity index (χ4n) is 1.53. The lowest BCUT2D eigenvalue weighted by Crippen LogP contribution is -2.06. The van der Waals surface area contributed by atoms with Crippen LogP contribution in [0.4, 0.5) is 39.0 Å². The maximum Gasteiger partial charge on any atom is 0.269 e. The van der Waals surface area contributed by atoms with Crippen molar-refractivity contribution in [3.63, 3.8) is 0 Å². The topological polar surface area (TPSA) is 55.2 Å². The van der Waals surface area contributed by atoms with Gasteiger partial charge in [0, 0.05) is 17.8 Å². The molecule has 0 aliphatic carbocycles. The number of benzene rings is 2. The zero-order chi connectivity index (χ0) is 15.7. The number of nitro benzene ring substituents is 1. The second-order valence-corrected chi connectivity index (χ2v) is 3.87. The van der Waals surface area contributed by atoms with E-state index in [1.807, 2.05) is 5.32 Å². The first-order valence-corrected chi connectivity index (χ1v) is 5.36. The summed E-state index contributed by atoms with van der Waals surface area (Å²) in [6.07, 6.45) is 0. The fraction of sp³-hybridized carbons (Fsp3) is 0. The number of anilines is 2. The Hall–Kier alpha value is -2.71. The third-order valence-corrected chi connectivity index (χ3v) is 2.56. The van der Waals surface area contributed by atoms with Crippen molar-refractivity contribution in [2.45, 2.75) is 0 Å². The minimum atomic E-state index is -2.26. The summed E-state index contributed by atoms with van der Waals surface area (Å²) >= 11 is 0. The predicted molar refractivity (Wildman–Crippen MR) is 62.6 cm³/mol. The number of rotatable bonds is 3. The van der Waals surface area contributed by atoms with E-state index >= 15 is 0 Å². The van der Waals surface area contributed by atoms with Crippen molar-refractivity contribution in [3.8, 4) is 0 Å². The zero-order valence-corrected chi connectivity index (χ0v) is 9.96. The molecule has 4 nitrogen and oxygen atoms in total. The van der Waals surface area contributed by atoms with Crippen LogP contribution in [0.25, 0.3) is 0 Å². The molecule has 0 aromatic heterocycles. The van der Waals surface area contributed by atoms with Gasteiger partial charge < -0.3 is 5.32 Å². The Bertz CT molecular complexity index is 690. The van der Waals surface area contributed by atoms with Crippen LogP contribution in [0.3, 0.4) is 0 Å². The molecule has 0 aliphatic heterocycles. The molecule has 0 saturated carbocycles. The number of non-ortho nitro benzene ring substituents is 1. The van der Waals surface area contributed by atoms with Crippen molar-refractivity contribution in [3.05, 3.63) is 63.5 Å². The molecule has 0 saturated heterocycles. The molecule has 0 unspecified atom stereocenters. The van der Waals surface area contributed by atoms with Gasteiger partial charge in [-0.25, -0.2) is 22.0 Å². The lowest BCUT2D eigenvalue weighted by molar-refractivity contribution is -0.384. The SMILES string of the molecule is O=[N+]([O-])c1ccc(Nc2c(F)c(F)c(F)c(F)c2F)cc1. The zero-order valence-electron chi connectivity index (χ0n) is 9.96. The largest absolute Gasteiger partial charge is 0.351 e. The number of nitrogens with one attached hydrogen (secondary N) is 1. The summed E-state index contributed by atoms with van der Waals surface area (Å²) in [6.45, 7) is 0. The van der Waals surface area contributed by atoms with Gasteiger partial charge in [0.1, 0.15) is 5.69 Å². The Morgan fingerprint density at radius 1 is 0.810 bits per heavy atom. The van der Waals surface area contributed by atoms with Crippen molar-refractivity contribution < 1.29 is 26.9 Å². The molecule has 2 aromatic carbocycles. The molecule has 1 N–H and O–H groups in total. The third kappa shape index (κ3) is 2.62. The molecule has 110 valence electrons. The number of hydrogen-bond donors (Lipinski definition) is 1. The van der Waals surface area contributed by atoms with Crippen molar-refractivity contribution in [1.29, 1.82) is 0 Å². The predicted octanol–water partition coefficient (Wildman–Crippen LogP) is 4.03. The molecule has 21 heavy (non-hydrogen) atoms. The normalized spacial score (nSPS) is 10.5. The smallest absolute Gasteiger partial charge is 0.269 e. The van der Waals surface area contributed by atoms with Crippen LogP contribution in [-0.4, -0.2) is 4.92 Å². The van der Waals surface area contributed by atoms with E-state index in [1.165, 1.54) is 0 Å². The van der Waals surface area contributed by atoms with Crippen LogP contribution < -0.4 is 5.32 Å². The van der Waals surface area contributed by atoms with Gasteiger partial charge in [-0.2, -0.15) is 0 Å². The highest BCUT2D eigenvalue weighted by Gasteiger charge is 2.25. The van der Waals surface area contributed by atoms with E-state index < -0.39 is 39.7 Å². The number of nitrogens with zero attached hydrogens (tertiary/aromatic N) is 1. The van der Waals surface area contributed by atoms with E-state index in [-0.39, 0.29) is 11.4 Å². The second-order valence-electron chi connectivity index (χ2n) is 3.87. The maximum atomic E-state index is 13.4. The molecular weight excluding hydrogens is 299 g/mol. The van der Waals surface area contributed by atoms with E-state index in [0.29, 0.717) is 0 Å². The lowest BCUT2D eigenvalue weighted by atomic mass is 10.2. The molecule has 0 aliphatic rings. The molecule has 0 atom stereocenters. The molecule has 0 bridgehead atoms. The summed E-state index contributed by atoms with van der Waals surface area (Å²) in [7, 11) is 0. The minimum Gasteiger partial charge on any atom is -0.351 e. The molecular formula is C12H5F5N2O2. The summed E-state index contributed by atoms with van der Waals surface area (Å²) in [5, 5.41) is 12.4. The molecule has 0 amide bonds. The molecule has 0 spiro atoms. The van der Waals surface area contributed by atoms with Crippen LogP contribution in [0.15, 0.2) is 24.3 Å². The standard InChI is InChI=1S/C12H5F5N2O2/c13-7-8(14)10(16)12(11(17)9(7)15)18-5-1-3-6(4-2-5)19(20)21/h1-4,18H. The van der Waals surface area contributed by atoms with Gasteiger partial charge in [-0.1, -0.05) is 0 Å². The van der Waals surface area contributed by atoms with Crippen LogP contribution in [0, 0.1) is 39.2 Å². The summed E-state index contributed by atoms with van der Waals surface area (Å²) < 4.78 is 65.6. The fourth-order valence-corrected chi connectivity index (χ4v) is 1.53. The van der Waals surface area contributed by atoms with Crippen LogP contribution in [0.1, 0.15) is 0 Å². The lowest BCUT2D eigenvalue weighted by Gasteiger charge is -2.10. The quantitative estimate of drug-likeness (QED) is 0.306. The molecule has 0 radical (unpaired) electrons. The van der Waals surface area contributed by atoms with Gasteiger partial charge in [-0.15, -0.1) is 0 Å². The Kier molecular flexibility index (Phi) is 3.74. The van der Waals surface area contributed by atoms with E-state index in [2.05, 4.69) is 0 Å². The average molecular weight is 304 g/mol. The van der Waals surface area contributed by atoms with E-state index in [9.17, 15) is 32.1 Å². The van der Waals surface area contributed by atoms with Crippen molar-refractivity contribution >= 4 is 17.1 Å². The maximum absolute atomic E-state index is 13.4. The Balaban J connectivity index is 2.42. The highest BCUT2D eigenvalue weighted by atomic mass is 19.2. The molecule has 9 heteroatoms. The van der Waals surface area contributed by atoms with Crippen LogP contribution in [0.2, 0.25) is 0 Å². The monoisotopic (exact) mass is 304 g/mol. The summed E-state index contributed by atoms with van der Waals surface area (Å²) in [5.41, 5.74) is -1.61. The van der Waals surface area contributed by atoms with Gasteiger partial charge in [-0.05, 0) is 12.1 Å². The number of hydrogen-bond acceptors (Lipinski definition) is 3. The van der Waals surface area contributed by atoms with Gasteiger partial charge >= 0.3 is 0 Å². The summed E-state index contributed by atoms with van der Waals surface area (Å²) in [6, 6.07) is 4.15. The molecule has 2 aromatic rings. The number of halogens is 5. The first-order chi connectivity index (χ1) is 9.82. The van der Waals surface area contributed by atoms with E-state index in [1.54, 1.807) is 0 Å². The van der Waals surface area contributed by atoms with Crippen molar-refractivity contribution in [2.75, 3.05) is 5.32 Å². The second kappa shape index (κ2) is 5.35. The van der Waals surface area contributed by atoms with Crippen molar-refractivity contribution in [1.82, 2.24) is 0 Å². The van der Waals surface area contributed by atoms with E-state index in [4.69, 9.17) is 0 Å². The third-order valence-electron chi connectivity index (χ3n) is 2.56. The first-order valence-electron chi connectivity index (χ1n) is 5.36. The molecule has 2 rings (SSSR count). The Labute approximate surface area is 114 Å². The number of nitro groups is 1. The summed E-state index contributed by atoms with van der Waals surface area (Å²) in [4.78, 5) is 9.72. The van der Waals surface area contributed by atoms with Crippen LogP contribution in [-0.2, 0) is 0 Å². The van der Waals surface area contributed by atoms with Gasteiger partial charge in [0.15, 0.2) is 23.3 Å². The Morgan fingerprint density at radius 2 is 1.24 bits per heavy atom. The Morgan fingerprint density at radius 3 is 1.67 bits per heavy atom. The highest BCUT2D eigenvalue weighted by Crippen LogP contribution is 2.30. The first kappa shape index (κ1) is 14.7. The van der Waals surface area contributed by atoms with Crippen LogP contribution >= 0.6 is 0 Å². The molecule has 0 heterocycles. The minimum absolute atomic E-state index is 0.0798. The average Bonchev–Trinajstić information content (AvgIpc) is 2.48. The summed E-state index contributed by atoms with van der Waals surface area (Å²) in [5.74, 6) is -10.5. The molecule has 0 fully saturated rings. The van der Waals surface area contributed by atoms with Crippen molar-refractivity contribution in [2.24, 2.45) is 0 Å². The highest BCUT2D eigenvalue weighted by molar-refractivity contribution is 5.62.